The number of H-pyrrole nitrogens is 1. The van der Waals surface area contributed by atoms with E-state index < -0.39 is 0 Å². The van der Waals surface area contributed by atoms with E-state index in [4.69, 9.17) is 4.74 Å². The molecule has 1 N–H and O–H groups in total. The molecule has 7 nitrogen and oxygen atoms in total. The Morgan fingerprint density at radius 3 is 2.52 bits per heavy atom. The number of benzene rings is 2. The van der Waals surface area contributed by atoms with Gasteiger partial charge in [-0.15, -0.1) is 0 Å². The summed E-state index contributed by atoms with van der Waals surface area (Å²) < 4.78 is 6.51. The number of nitrogens with zero attached hydrogens (tertiary/aromatic N) is 2. The topological polar surface area (TPSA) is 84.4 Å². The standard InChI is InChI=1S/C24H27N3O4/c1-31-18-12-10-17(11-13-18)21-9-3-2-6-15-26(21)22(28)14-16-27-24(30)20-8-5-4-7-19(20)23(29)25-27/h4-5,7-8,10-13,21H,2-3,6,9,14-16H2,1H3,(H,25,29). The molecule has 4 rings (SSSR count). The number of carbonyl (C=O) groups is 1. The first-order chi connectivity index (χ1) is 15.1. The molecule has 3 aromatic rings. The summed E-state index contributed by atoms with van der Waals surface area (Å²) >= 11 is 0. The number of amides is 1. The molecule has 1 fully saturated rings. The second-order valence-electron chi connectivity index (χ2n) is 7.92. The summed E-state index contributed by atoms with van der Waals surface area (Å²) in [4.78, 5) is 40.2. The molecule has 1 aliphatic rings. The molecule has 1 unspecified atom stereocenters. The lowest BCUT2D eigenvalue weighted by atomic mass is 10.0. The van der Waals surface area contributed by atoms with E-state index in [0.29, 0.717) is 17.3 Å². The fourth-order valence-corrected chi connectivity index (χ4v) is 4.33. The molecular formula is C24H27N3O4. The minimum atomic E-state index is -0.325. The van der Waals surface area contributed by atoms with Crippen LogP contribution in [-0.4, -0.2) is 34.2 Å². The van der Waals surface area contributed by atoms with Crippen LogP contribution in [0.2, 0.25) is 0 Å². The highest BCUT2D eigenvalue weighted by Gasteiger charge is 2.26. The van der Waals surface area contributed by atoms with E-state index in [-0.39, 0.29) is 36.0 Å². The highest BCUT2D eigenvalue weighted by atomic mass is 16.5. The molecule has 31 heavy (non-hydrogen) atoms. The van der Waals surface area contributed by atoms with Gasteiger partial charge in [0.1, 0.15) is 5.75 Å². The van der Waals surface area contributed by atoms with E-state index in [1.165, 1.54) is 4.68 Å². The number of methoxy groups -OCH3 is 1. The van der Waals surface area contributed by atoms with Crippen molar-refractivity contribution in [2.45, 2.75) is 44.7 Å². The molecule has 1 amide bonds. The number of aryl methyl sites for hydroxylation is 1. The Kier molecular flexibility index (Phi) is 6.21. The van der Waals surface area contributed by atoms with Gasteiger partial charge in [0, 0.05) is 13.0 Å². The molecule has 1 saturated heterocycles. The van der Waals surface area contributed by atoms with Crippen molar-refractivity contribution >= 4 is 16.7 Å². The maximum atomic E-state index is 13.2. The van der Waals surface area contributed by atoms with Crippen molar-refractivity contribution in [2.75, 3.05) is 13.7 Å². The van der Waals surface area contributed by atoms with Crippen LogP contribution in [0, 0.1) is 0 Å². The largest absolute Gasteiger partial charge is 0.497 e. The third-order valence-electron chi connectivity index (χ3n) is 6.01. The number of fused-ring (bicyclic) bond motifs is 1. The van der Waals surface area contributed by atoms with Crippen LogP contribution in [0.3, 0.4) is 0 Å². The molecule has 1 aliphatic heterocycles. The third-order valence-corrected chi connectivity index (χ3v) is 6.01. The summed E-state index contributed by atoms with van der Waals surface area (Å²) in [5.41, 5.74) is 0.478. The normalized spacial score (nSPS) is 16.8. The highest BCUT2D eigenvalue weighted by molar-refractivity contribution is 5.80. The first-order valence-corrected chi connectivity index (χ1v) is 10.7. The van der Waals surface area contributed by atoms with Crippen LogP contribution >= 0.6 is 0 Å². The predicted molar refractivity (Wildman–Crippen MR) is 119 cm³/mol. The van der Waals surface area contributed by atoms with Gasteiger partial charge in [0.05, 0.1) is 30.5 Å². The van der Waals surface area contributed by atoms with Gasteiger partial charge in [-0.25, -0.2) is 4.68 Å². The number of nitrogens with one attached hydrogen (secondary N) is 1. The van der Waals surface area contributed by atoms with Gasteiger partial charge >= 0.3 is 0 Å². The number of rotatable bonds is 5. The van der Waals surface area contributed by atoms with E-state index in [1.54, 1.807) is 31.4 Å². The summed E-state index contributed by atoms with van der Waals surface area (Å²) in [6, 6.07) is 14.6. The van der Waals surface area contributed by atoms with Crippen molar-refractivity contribution in [1.29, 1.82) is 0 Å². The minimum absolute atomic E-state index is 0.00767. The van der Waals surface area contributed by atoms with Crippen molar-refractivity contribution in [3.8, 4) is 5.75 Å². The molecule has 162 valence electrons. The number of hydrogen-bond donors (Lipinski definition) is 1. The number of aromatic nitrogens is 2. The van der Waals surface area contributed by atoms with Gasteiger partial charge in [-0.1, -0.05) is 37.1 Å². The van der Waals surface area contributed by atoms with Gasteiger partial charge in [-0.3, -0.25) is 19.5 Å². The molecule has 1 aromatic heterocycles. The van der Waals surface area contributed by atoms with Crippen molar-refractivity contribution in [3.63, 3.8) is 0 Å². The Morgan fingerprint density at radius 1 is 1.03 bits per heavy atom. The zero-order chi connectivity index (χ0) is 21.8. The van der Waals surface area contributed by atoms with Crippen LogP contribution in [0.1, 0.15) is 43.7 Å². The summed E-state index contributed by atoms with van der Waals surface area (Å²) in [7, 11) is 1.63. The summed E-state index contributed by atoms with van der Waals surface area (Å²) in [5.74, 6) is 0.776. The molecule has 0 bridgehead atoms. The first-order valence-electron chi connectivity index (χ1n) is 10.7. The molecular weight excluding hydrogens is 394 g/mol. The highest BCUT2D eigenvalue weighted by Crippen LogP contribution is 2.31. The SMILES string of the molecule is COc1ccc(C2CCCCCN2C(=O)CCn2[nH]c(=O)c3ccccc3c2=O)cc1. The van der Waals surface area contributed by atoms with Gasteiger partial charge in [0.2, 0.25) is 5.91 Å². The molecule has 7 heteroatoms. The molecule has 0 aliphatic carbocycles. The smallest absolute Gasteiger partial charge is 0.273 e. The molecule has 2 aromatic carbocycles. The Hall–Kier alpha value is -3.35. The van der Waals surface area contributed by atoms with Crippen molar-refractivity contribution < 1.29 is 9.53 Å². The maximum Gasteiger partial charge on any atom is 0.273 e. The van der Waals surface area contributed by atoms with Crippen LogP contribution < -0.4 is 15.9 Å². The lowest BCUT2D eigenvalue weighted by Gasteiger charge is -2.31. The Labute approximate surface area is 180 Å². The Morgan fingerprint density at radius 2 is 1.77 bits per heavy atom. The van der Waals surface area contributed by atoms with Crippen molar-refractivity contribution in [1.82, 2.24) is 14.7 Å². The maximum absolute atomic E-state index is 13.2. The van der Waals surface area contributed by atoms with Crippen LogP contribution in [0.25, 0.3) is 10.8 Å². The van der Waals surface area contributed by atoms with Crippen molar-refractivity contribution in [2.24, 2.45) is 0 Å². The molecule has 0 spiro atoms. The lowest BCUT2D eigenvalue weighted by Crippen LogP contribution is -2.37. The Bertz CT molecular complexity index is 1180. The fourth-order valence-electron chi connectivity index (χ4n) is 4.33. The van der Waals surface area contributed by atoms with E-state index >= 15 is 0 Å². The van der Waals surface area contributed by atoms with Gasteiger partial charge in [-0.05, 0) is 42.7 Å². The number of carbonyl (C=O) groups excluding carboxylic acids is 1. The third kappa shape index (κ3) is 4.40. The van der Waals surface area contributed by atoms with Crippen LogP contribution in [0.4, 0.5) is 0 Å². The van der Waals surface area contributed by atoms with Gasteiger partial charge in [-0.2, -0.15) is 0 Å². The average Bonchev–Trinajstić information content (AvgIpc) is 3.06. The number of likely N-dealkylation sites (tertiary alicyclic amines) is 1. The van der Waals surface area contributed by atoms with Crippen LogP contribution in [-0.2, 0) is 11.3 Å². The summed E-state index contributed by atoms with van der Waals surface area (Å²) in [6.45, 7) is 0.836. The molecule has 1 atom stereocenters. The van der Waals surface area contributed by atoms with E-state index in [2.05, 4.69) is 5.10 Å². The predicted octanol–water partition coefficient (Wildman–Crippen LogP) is 3.23. The summed E-state index contributed by atoms with van der Waals surface area (Å²) in [6.07, 6.45) is 4.18. The number of ether oxygens (including phenoxy) is 1. The summed E-state index contributed by atoms with van der Waals surface area (Å²) in [5, 5.41) is 3.34. The Balaban J connectivity index is 1.54. The molecule has 0 saturated carbocycles. The van der Waals surface area contributed by atoms with E-state index in [9.17, 15) is 14.4 Å². The van der Waals surface area contributed by atoms with Crippen LogP contribution in [0.15, 0.2) is 58.1 Å². The first kappa shape index (κ1) is 20.9. The second kappa shape index (κ2) is 9.20. The number of aromatic amines is 1. The van der Waals surface area contributed by atoms with Crippen molar-refractivity contribution in [3.05, 3.63) is 74.8 Å². The van der Waals surface area contributed by atoms with E-state index in [1.807, 2.05) is 29.2 Å². The number of hydrogen-bond acceptors (Lipinski definition) is 4. The zero-order valence-corrected chi connectivity index (χ0v) is 17.7. The lowest BCUT2D eigenvalue weighted by molar-refractivity contribution is -0.134. The van der Waals surface area contributed by atoms with Crippen LogP contribution in [0.5, 0.6) is 5.75 Å². The average molecular weight is 421 g/mol. The second-order valence-corrected chi connectivity index (χ2v) is 7.92. The molecule has 0 radical (unpaired) electrons. The van der Waals surface area contributed by atoms with E-state index in [0.717, 1.165) is 37.0 Å². The quantitative estimate of drug-likeness (QED) is 0.686. The van der Waals surface area contributed by atoms with Gasteiger partial charge in [0.25, 0.3) is 11.1 Å². The zero-order valence-electron chi connectivity index (χ0n) is 17.7. The van der Waals surface area contributed by atoms with Gasteiger partial charge < -0.3 is 9.64 Å². The fraction of sp³-hybridized carbons (Fsp3) is 0.375. The minimum Gasteiger partial charge on any atom is -0.497 e. The monoisotopic (exact) mass is 421 g/mol. The molecule has 2 heterocycles. The van der Waals surface area contributed by atoms with Gasteiger partial charge in [0.15, 0.2) is 0 Å².